The summed E-state index contributed by atoms with van der Waals surface area (Å²) in [5.74, 6) is 0. The molecule has 0 saturated carbocycles. The number of benzene rings is 4. The average Bonchev–Trinajstić information content (AvgIpc) is 2.96. The van der Waals surface area contributed by atoms with Gasteiger partial charge in [0.25, 0.3) is 0 Å². The van der Waals surface area contributed by atoms with E-state index < -0.39 is 0 Å². The molecule has 2 heterocycles. The van der Waals surface area contributed by atoms with Crippen LogP contribution in [0.25, 0.3) is 56.2 Å². The van der Waals surface area contributed by atoms with Crippen molar-refractivity contribution in [3.63, 3.8) is 0 Å². The Morgan fingerprint density at radius 1 is 0.286 bits per heavy atom. The molecule has 0 unspecified atom stereocenters. The number of aryl methyl sites for hydroxylation is 6. The van der Waals surface area contributed by atoms with Crippen LogP contribution in [0, 0.1) is 41.5 Å². The van der Waals surface area contributed by atoms with Gasteiger partial charge in [-0.1, -0.05) is 106 Å². The van der Waals surface area contributed by atoms with E-state index in [1.807, 2.05) is 0 Å². The maximum Gasteiger partial charge on any atom is 0.0900 e. The van der Waals surface area contributed by atoms with Crippen LogP contribution in [0.2, 0.25) is 0 Å². The number of hydrogen-bond acceptors (Lipinski definition) is 2. The standard InChI is InChI=1S/C40H36N2/c1-25-9-7-11-31(15-25)37-21-35(33-17-27(3)13-28(4)18-33)23-39(41-37)40-24-36(34-19-29(5)14-30(6)20-34)22-38(42-40)32-12-8-10-26(2)16-32/h7-24H,1-6H3. The summed E-state index contributed by atoms with van der Waals surface area (Å²) in [7, 11) is 0. The van der Waals surface area contributed by atoms with Crippen LogP contribution in [-0.4, -0.2) is 9.97 Å². The van der Waals surface area contributed by atoms with Crippen molar-refractivity contribution in [1.82, 2.24) is 9.97 Å². The van der Waals surface area contributed by atoms with Crippen molar-refractivity contribution < 1.29 is 0 Å². The second kappa shape index (κ2) is 11.2. The molecule has 2 nitrogen and oxygen atoms in total. The monoisotopic (exact) mass is 544 g/mol. The third-order valence-corrected chi connectivity index (χ3v) is 7.65. The molecule has 0 aliphatic heterocycles. The van der Waals surface area contributed by atoms with Gasteiger partial charge >= 0.3 is 0 Å². The fraction of sp³-hybridized carbons (Fsp3) is 0.150. The summed E-state index contributed by atoms with van der Waals surface area (Å²) < 4.78 is 0. The van der Waals surface area contributed by atoms with Gasteiger partial charge in [-0.05, 0) is 100 Å². The van der Waals surface area contributed by atoms with Crippen LogP contribution in [0.5, 0.6) is 0 Å². The van der Waals surface area contributed by atoms with Crippen molar-refractivity contribution in [3.8, 4) is 56.2 Å². The number of aromatic nitrogens is 2. The molecule has 0 bridgehead atoms. The smallest absolute Gasteiger partial charge is 0.0900 e. The van der Waals surface area contributed by atoms with Crippen LogP contribution in [0.15, 0.2) is 109 Å². The van der Waals surface area contributed by atoms with Crippen LogP contribution in [-0.2, 0) is 0 Å². The van der Waals surface area contributed by atoms with Crippen molar-refractivity contribution >= 4 is 0 Å². The predicted molar refractivity (Wildman–Crippen MR) is 178 cm³/mol. The lowest BCUT2D eigenvalue weighted by atomic mass is 9.96. The summed E-state index contributed by atoms with van der Waals surface area (Å²) in [6.07, 6.45) is 0. The highest BCUT2D eigenvalue weighted by Gasteiger charge is 2.15. The summed E-state index contributed by atoms with van der Waals surface area (Å²) in [6.45, 7) is 12.9. The van der Waals surface area contributed by atoms with E-state index in [4.69, 9.17) is 9.97 Å². The molecule has 0 aliphatic rings. The zero-order chi connectivity index (χ0) is 29.4. The second-order valence-corrected chi connectivity index (χ2v) is 11.7. The molecule has 0 aliphatic carbocycles. The Morgan fingerprint density at radius 2 is 0.595 bits per heavy atom. The van der Waals surface area contributed by atoms with E-state index in [0.29, 0.717) is 0 Å². The van der Waals surface area contributed by atoms with E-state index in [-0.39, 0.29) is 0 Å². The van der Waals surface area contributed by atoms with Gasteiger partial charge in [-0.3, -0.25) is 0 Å². The first kappa shape index (κ1) is 27.4. The molecule has 0 spiro atoms. The minimum Gasteiger partial charge on any atom is -0.246 e. The highest BCUT2D eigenvalue weighted by molar-refractivity contribution is 5.80. The van der Waals surface area contributed by atoms with Crippen molar-refractivity contribution in [2.75, 3.05) is 0 Å². The molecule has 0 saturated heterocycles. The Labute approximate surface area is 249 Å². The first-order valence-corrected chi connectivity index (χ1v) is 14.6. The fourth-order valence-corrected chi connectivity index (χ4v) is 5.84. The third-order valence-electron chi connectivity index (χ3n) is 7.65. The fourth-order valence-electron chi connectivity index (χ4n) is 5.84. The molecule has 2 aromatic heterocycles. The predicted octanol–water partition coefficient (Wildman–Crippen LogP) is 10.7. The van der Waals surface area contributed by atoms with E-state index in [0.717, 1.165) is 45.0 Å². The van der Waals surface area contributed by atoms with Crippen LogP contribution in [0.1, 0.15) is 33.4 Å². The first-order chi connectivity index (χ1) is 20.2. The summed E-state index contributed by atoms with van der Waals surface area (Å²) in [6, 6.07) is 39.4. The SMILES string of the molecule is Cc1cc(C)cc(-c2cc(-c3cccc(C)c3)nc(-c3cc(-c4cc(C)cc(C)c4)cc(-c4cccc(C)c4)n3)c2)c1. The van der Waals surface area contributed by atoms with Crippen LogP contribution < -0.4 is 0 Å². The van der Waals surface area contributed by atoms with Gasteiger partial charge in [-0.25, -0.2) is 9.97 Å². The van der Waals surface area contributed by atoms with Gasteiger partial charge in [-0.15, -0.1) is 0 Å². The van der Waals surface area contributed by atoms with Gasteiger partial charge in [0, 0.05) is 11.1 Å². The molecular formula is C40H36N2. The minimum atomic E-state index is 0.864. The van der Waals surface area contributed by atoms with Crippen molar-refractivity contribution in [3.05, 3.63) is 143 Å². The van der Waals surface area contributed by atoms with Crippen LogP contribution in [0.4, 0.5) is 0 Å². The third kappa shape index (κ3) is 5.94. The van der Waals surface area contributed by atoms with E-state index in [1.165, 1.54) is 44.5 Å². The maximum absolute atomic E-state index is 5.25. The molecule has 0 amide bonds. The first-order valence-electron chi connectivity index (χ1n) is 14.6. The molecule has 6 aromatic rings. The van der Waals surface area contributed by atoms with Gasteiger partial charge in [0.05, 0.1) is 22.8 Å². The van der Waals surface area contributed by atoms with E-state index in [9.17, 15) is 0 Å². The Kier molecular flexibility index (Phi) is 7.31. The van der Waals surface area contributed by atoms with Gasteiger partial charge in [0.1, 0.15) is 0 Å². The summed E-state index contributed by atoms with van der Waals surface area (Å²) in [5.41, 5.74) is 17.9. The van der Waals surface area contributed by atoms with Gasteiger partial charge in [0.15, 0.2) is 0 Å². The molecule has 0 fully saturated rings. The van der Waals surface area contributed by atoms with Crippen LogP contribution in [0.3, 0.4) is 0 Å². The lowest BCUT2D eigenvalue weighted by Gasteiger charge is -2.14. The molecular weight excluding hydrogens is 508 g/mol. The van der Waals surface area contributed by atoms with Gasteiger partial charge in [-0.2, -0.15) is 0 Å². The number of hydrogen-bond donors (Lipinski definition) is 0. The zero-order valence-electron chi connectivity index (χ0n) is 25.3. The molecule has 0 radical (unpaired) electrons. The average molecular weight is 545 g/mol. The Bertz CT molecular complexity index is 1760. The largest absolute Gasteiger partial charge is 0.246 e. The number of rotatable bonds is 5. The molecule has 4 aromatic carbocycles. The zero-order valence-corrected chi connectivity index (χ0v) is 25.3. The number of nitrogens with zero attached hydrogens (tertiary/aromatic N) is 2. The molecule has 42 heavy (non-hydrogen) atoms. The van der Waals surface area contributed by atoms with Crippen molar-refractivity contribution in [2.45, 2.75) is 41.5 Å². The topological polar surface area (TPSA) is 25.8 Å². The summed E-state index contributed by atoms with van der Waals surface area (Å²) in [4.78, 5) is 10.5. The van der Waals surface area contributed by atoms with Crippen molar-refractivity contribution in [1.29, 1.82) is 0 Å². The van der Waals surface area contributed by atoms with Gasteiger partial charge < -0.3 is 0 Å². The molecule has 0 N–H and O–H groups in total. The van der Waals surface area contributed by atoms with E-state index >= 15 is 0 Å². The quantitative estimate of drug-likeness (QED) is 0.216. The lowest BCUT2D eigenvalue weighted by Crippen LogP contribution is -1.96. The second-order valence-electron chi connectivity index (χ2n) is 11.7. The van der Waals surface area contributed by atoms with Crippen molar-refractivity contribution in [2.24, 2.45) is 0 Å². The van der Waals surface area contributed by atoms with E-state index in [1.54, 1.807) is 0 Å². The van der Waals surface area contributed by atoms with E-state index in [2.05, 4.69) is 151 Å². The van der Waals surface area contributed by atoms with Crippen LogP contribution >= 0.6 is 0 Å². The lowest BCUT2D eigenvalue weighted by molar-refractivity contribution is 1.24. The number of pyridine rings is 2. The minimum absolute atomic E-state index is 0.864. The normalized spacial score (nSPS) is 11.1. The maximum atomic E-state index is 5.25. The Morgan fingerprint density at radius 3 is 0.952 bits per heavy atom. The Hall–Kier alpha value is -4.82. The molecule has 6 rings (SSSR count). The Balaban J connectivity index is 1.62. The highest BCUT2D eigenvalue weighted by Crippen LogP contribution is 2.35. The summed E-state index contributed by atoms with van der Waals surface area (Å²) in [5, 5.41) is 0. The molecule has 0 atom stereocenters. The molecule has 206 valence electrons. The van der Waals surface area contributed by atoms with Gasteiger partial charge in [0.2, 0.25) is 0 Å². The highest BCUT2D eigenvalue weighted by atomic mass is 14.8. The summed E-state index contributed by atoms with van der Waals surface area (Å²) >= 11 is 0. The molecule has 2 heteroatoms.